The monoisotopic (exact) mass is 300 g/mol. The van der Waals surface area contributed by atoms with Crippen LogP contribution in [-0.2, 0) is 0 Å². The number of carbonyl (C=O) groups is 1. The number of aryl methyl sites for hydroxylation is 3. The van der Waals surface area contributed by atoms with Crippen LogP contribution >= 0.6 is 0 Å². The van der Waals surface area contributed by atoms with Crippen molar-refractivity contribution in [1.29, 1.82) is 0 Å². The number of nitrogens with one attached hydrogen (secondary N) is 1. The lowest BCUT2D eigenvalue weighted by Gasteiger charge is -2.11. The summed E-state index contributed by atoms with van der Waals surface area (Å²) in [4.78, 5) is 13.9. The van der Waals surface area contributed by atoms with Crippen LogP contribution in [0.1, 0.15) is 54.0 Å². The highest BCUT2D eigenvalue weighted by Gasteiger charge is 2.18. The molecule has 1 heterocycles. The predicted molar refractivity (Wildman–Crippen MR) is 87.4 cm³/mol. The van der Waals surface area contributed by atoms with Crippen molar-refractivity contribution < 1.29 is 4.79 Å². The van der Waals surface area contributed by atoms with Gasteiger partial charge in [-0.1, -0.05) is 31.0 Å². The van der Waals surface area contributed by atoms with E-state index in [1.54, 1.807) is 4.80 Å². The molecule has 1 aromatic heterocycles. The third-order valence-electron chi connectivity index (χ3n) is 3.66. The zero-order valence-corrected chi connectivity index (χ0v) is 14.0. The smallest absolute Gasteiger partial charge is 0.273 e. The second kappa shape index (κ2) is 6.73. The third-order valence-corrected chi connectivity index (χ3v) is 3.66. The molecule has 1 N–H and O–H groups in total. The number of nitrogens with zero attached hydrogens (tertiary/aromatic N) is 3. The Morgan fingerprint density at radius 2 is 2.00 bits per heavy atom. The highest BCUT2D eigenvalue weighted by Crippen LogP contribution is 2.15. The minimum atomic E-state index is -0.158. The maximum absolute atomic E-state index is 12.3. The summed E-state index contributed by atoms with van der Waals surface area (Å²) in [6.45, 7) is 9.98. The van der Waals surface area contributed by atoms with E-state index in [2.05, 4.69) is 28.5 Å². The van der Waals surface area contributed by atoms with Crippen LogP contribution in [-0.4, -0.2) is 26.9 Å². The summed E-state index contributed by atoms with van der Waals surface area (Å²) in [5, 5.41) is 11.7. The molecule has 118 valence electrons. The number of aromatic nitrogens is 3. The summed E-state index contributed by atoms with van der Waals surface area (Å²) in [7, 11) is 0. The van der Waals surface area contributed by atoms with Crippen molar-refractivity contribution in [3.8, 4) is 5.69 Å². The van der Waals surface area contributed by atoms with Gasteiger partial charge in [0.2, 0.25) is 0 Å². The quantitative estimate of drug-likeness (QED) is 0.923. The molecule has 0 bridgehead atoms. The Morgan fingerprint density at radius 3 is 2.64 bits per heavy atom. The van der Waals surface area contributed by atoms with Crippen LogP contribution in [0.25, 0.3) is 5.69 Å². The fourth-order valence-corrected chi connectivity index (χ4v) is 2.52. The standard InChI is InChI=1S/C17H24N4O/c1-6-7-13(4)18-17(22)16-14(5)19-21(20-16)15-9-8-11(2)10-12(15)3/h8-10,13H,6-7H2,1-5H3,(H,18,22). The summed E-state index contributed by atoms with van der Waals surface area (Å²) in [6, 6.07) is 6.22. The molecule has 1 unspecified atom stereocenters. The Morgan fingerprint density at radius 1 is 1.27 bits per heavy atom. The van der Waals surface area contributed by atoms with Crippen LogP contribution in [0.5, 0.6) is 0 Å². The topological polar surface area (TPSA) is 59.8 Å². The molecular weight excluding hydrogens is 276 g/mol. The molecule has 0 saturated carbocycles. The van der Waals surface area contributed by atoms with Crippen molar-refractivity contribution in [3.05, 3.63) is 40.7 Å². The molecule has 2 rings (SSSR count). The van der Waals surface area contributed by atoms with Crippen LogP contribution in [0.3, 0.4) is 0 Å². The third kappa shape index (κ3) is 3.53. The fourth-order valence-electron chi connectivity index (χ4n) is 2.52. The van der Waals surface area contributed by atoms with Gasteiger partial charge >= 0.3 is 0 Å². The predicted octanol–water partition coefficient (Wildman–Crippen LogP) is 3.11. The van der Waals surface area contributed by atoms with Gasteiger partial charge in [0.05, 0.1) is 11.4 Å². The molecule has 22 heavy (non-hydrogen) atoms. The highest BCUT2D eigenvalue weighted by atomic mass is 16.2. The van der Waals surface area contributed by atoms with Crippen molar-refractivity contribution in [3.63, 3.8) is 0 Å². The van der Waals surface area contributed by atoms with Gasteiger partial charge in [-0.2, -0.15) is 9.90 Å². The molecule has 0 saturated heterocycles. The first-order chi connectivity index (χ1) is 10.4. The summed E-state index contributed by atoms with van der Waals surface area (Å²) in [5.41, 5.74) is 4.20. The van der Waals surface area contributed by atoms with Crippen LogP contribution in [0, 0.1) is 20.8 Å². The number of benzene rings is 1. The Balaban J connectivity index is 2.26. The molecule has 5 heteroatoms. The molecule has 2 aromatic rings. The molecule has 0 aliphatic carbocycles. The lowest BCUT2D eigenvalue weighted by Crippen LogP contribution is -2.33. The second-order valence-electron chi connectivity index (χ2n) is 5.88. The number of amides is 1. The van der Waals surface area contributed by atoms with E-state index in [1.165, 1.54) is 5.56 Å². The first-order valence-electron chi connectivity index (χ1n) is 7.74. The van der Waals surface area contributed by atoms with Gasteiger partial charge in [0.1, 0.15) is 0 Å². The second-order valence-corrected chi connectivity index (χ2v) is 5.88. The Kier molecular flexibility index (Phi) is 4.96. The molecule has 0 radical (unpaired) electrons. The van der Waals surface area contributed by atoms with Crippen LogP contribution in [0.2, 0.25) is 0 Å². The lowest BCUT2D eigenvalue weighted by molar-refractivity contribution is 0.0932. The maximum Gasteiger partial charge on any atom is 0.273 e. The molecule has 0 fully saturated rings. The number of hydrogen-bond donors (Lipinski definition) is 1. The fraction of sp³-hybridized carbons (Fsp3) is 0.471. The van der Waals surface area contributed by atoms with Gasteiger partial charge in [0.25, 0.3) is 5.91 Å². The van der Waals surface area contributed by atoms with Crippen LogP contribution in [0.4, 0.5) is 0 Å². The van der Waals surface area contributed by atoms with Gasteiger partial charge in [0.15, 0.2) is 5.69 Å². The molecular formula is C17H24N4O. The summed E-state index contributed by atoms with van der Waals surface area (Å²) in [5.74, 6) is -0.158. The van der Waals surface area contributed by atoms with E-state index >= 15 is 0 Å². The molecule has 1 atom stereocenters. The van der Waals surface area contributed by atoms with Crippen molar-refractivity contribution in [2.24, 2.45) is 0 Å². The molecule has 0 aliphatic heterocycles. The molecule has 0 aliphatic rings. The van der Waals surface area contributed by atoms with Gasteiger partial charge < -0.3 is 5.32 Å². The summed E-state index contributed by atoms with van der Waals surface area (Å²) < 4.78 is 0. The zero-order chi connectivity index (χ0) is 16.3. The van der Waals surface area contributed by atoms with E-state index < -0.39 is 0 Å². The van der Waals surface area contributed by atoms with E-state index in [-0.39, 0.29) is 11.9 Å². The molecule has 0 spiro atoms. The van der Waals surface area contributed by atoms with E-state index in [0.717, 1.165) is 24.1 Å². The minimum absolute atomic E-state index is 0.142. The lowest BCUT2D eigenvalue weighted by atomic mass is 10.1. The van der Waals surface area contributed by atoms with Gasteiger partial charge in [-0.3, -0.25) is 4.79 Å². The first kappa shape index (κ1) is 16.2. The van der Waals surface area contributed by atoms with Gasteiger partial charge in [-0.15, -0.1) is 5.10 Å². The van der Waals surface area contributed by atoms with E-state index in [4.69, 9.17) is 0 Å². The summed E-state index contributed by atoms with van der Waals surface area (Å²) in [6.07, 6.45) is 1.99. The largest absolute Gasteiger partial charge is 0.348 e. The van der Waals surface area contributed by atoms with Crippen molar-refractivity contribution in [1.82, 2.24) is 20.3 Å². The normalized spacial score (nSPS) is 12.2. The number of hydrogen-bond acceptors (Lipinski definition) is 3. The van der Waals surface area contributed by atoms with Crippen molar-refractivity contribution >= 4 is 5.91 Å². The number of carbonyl (C=O) groups excluding carboxylic acids is 1. The van der Waals surface area contributed by atoms with E-state index in [1.807, 2.05) is 39.8 Å². The molecule has 1 amide bonds. The molecule has 5 nitrogen and oxygen atoms in total. The highest BCUT2D eigenvalue weighted by molar-refractivity contribution is 5.93. The first-order valence-corrected chi connectivity index (χ1v) is 7.74. The Bertz CT molecular complexity index is 675. The number of rotatable bonds is 5. The SMILES string of the molecule is CCCC(C)NC(=O)c1nn(-c2ccc(C)cc2C)nc1C. The van der Waals surface area contributed by atoms with Crippen molar-refractivity contribution in [2.75, 3.05) is 0 Å². The Hall–Kier alpha value is -2.17. The maximum atomic E-state index is 12.3. The zero-order valence-electron chi connectivity index (χ0n) is 14.0. The van der Waals surface area contributed by atoms with Gasteiger partial charge in [-0.05, 0) is 45.7 Å². The average molecular weight is 300 g/mol. The Labute approximate surface area is 131 Å². The van der Waals surface area contributed by atoms with E-state index in [9.17, 15) is 4.79 Å². The van der Waals surface area contributed by atoms with Gasteiger partial charge in [0, 0.05) is 6.04 Å². The van der Waals surface area contributed by atoms with E-state index in [0.29, 0.717) is 11.4 Å². The molecule has 1 aromatic carbocycles. The van der Waals surface area contributed by atoms with Crippen LogP contribution < -0.4 is 5.32 Å². The average Bonchev–Trinajstić information content (AvgIpc) is 2.80. The van der Waals surface area contributed by atoms with Crippen LogP contribution in [0.15, 0.2) is 18.2 Å². The van der Waals surface area contributed by atoms with Gasteiger partial charge in [-0.25, -0.2) is 0 Å². The summed E-state index contributed by atoms with van der Waals surface area (Å²) >= 11 is 0. The minimum Gasteiger partial charge on any atom is -0.348 e. The van der Waals surface area contributed by atoms with Crippen molar-refractivity contribution in [2.45, 2.75) is 53.5 Å².